The van der Waals surface area contributed by atoms with Gasteiger partial charge in [0.25, 0.3) is 0 Å². The number of amides is 1. The third-order valence-corrected chi connectivity index (χ3v) is 6.17. The fraction of sp³-hybridized carbons (Fsp3) is 0.409. The summed E-state index contributed by atoms with van der Waals surface area (Å²) in [4.78, 5) is 26.4. The third-order valence-electron chi connectivity index (χ3n) is 6.17. The fourth-order valence-electron chi connectivity index (χ4n) is 4.41. The maximum absolute atomic E-state index is 12.2. The smallest absolute Gasteiger partial charge is 0.225 e. The number of fused-ring (bicyclic) bond motifs is 2. The zero-order valence-corrected chi connectivity index (χ0v) is 18.0. The van der Waals surface area contributed by atoms with E-state index in [9.17, 15) is 4.79 Å². The average molecular weight is 419 g/mol. The second kappa shape index (κ2) is 7.64. The summed E-state index contributed by atoms with van der Waals surface area (Å²) in [5.74, 6) is 1.83. The molecule has 160 valence electrons. The molecule has 0 unspecified atom stereocenters. The minimum Gasteiger partial charge on any atom is -0.351 e. The number of hydrogen-bond donors (Lipinski definition) is 2. The van der Waals surface area contributed by atoms with Crippen molar-refractivity contribution in [3.05, 3.63) is 36.5 Å². The number of aromatic amines is 1. The zero-order valence-electron chi connectivity index (χ0n) is 18.0. The summed E-state index contributed by atoms with van der Waals surface area (Å²) in [5, 5.41) is 12.7. The van der Waals surface area contributed by atoms with Crippen molar-refractivity contribution in [2.45, 2.75) is 38.6 Å². The second-order valence-electron chi connectivity index (χ2n) is 8.48. The highest BCUT2D eigenvalue weighted by atomic mass is 16.2. The molecule has 31 heavy (non-hydrogen) atoms. The van der Waals surface area contributed by atoms with E-state index in [2.05, 4.69) is 30.5 Å². The first kappa shape index (κ1) is 19.5. The molecular formula is C22H26N8O. The van der Waals surface area contributed by atoms with Gasteiger partial charge in [-0.05, 0) is 44.7 Å². The molecule has 4 heterocycles. The Kier molecular flexibility index (Phi) is 4.80. The topological polar surface area (TPSA) is 104 Å². The Bertz CT molecular complexity index is 1250. The van der Waals surface area contributed by atoms with Crippen molar-refractivity contribution in [1.29, 1.82) is 0 Å². The Hall–Kier alpha value is -3.49. The van der Waals surface area contributed by atoms with E-state index in [1.807, 2.05) is 56.1 Å². The lowest BCUT2D eigenvalue weighted by Crippen LogP contribution is -2.35. The zero-order chi connectivity index (χ0) is 21.5. The van der Waals surface area contributed by atoms with Gasteiger partial charge in [0.05, 0.1) is 0 Å². The van der Waals surface area contributed by atoms with E-state index in [4.69, 9.17) is 0 Å². The molecule has 4 aromatic heterocycles. The highest BCUT2D eigenvalue weighted by Crippen LogP contribution is 2.30. The van der Waals surface area contributed by atoms with Crippen LogP contribution in [0.3, 0.4) is 0 Å². The monoisotopic (exact) mass is 418 g/mol. The van der Waals surface area contributed by atoms with Gasteiger partial charge >= 0.3 is 0 Å². The van der Waals surface area contributed by atoms with Crippen LogP contribution in [-0.2, 0) is 4.79 Å². The molecule has 0 aromatic carbocycles. The van der Waals surface area contributed by atoms with E-state index in [1.54, 1.807) is 4.90 Å². The molecule has 1 aliphatic rings. The summed E-state index contributed by atoms with van der Waals surface area (Å²) in [6.07, 6.45) is 9.54. The number of hydrogen-bond acceptors (Lipinski definition) is 6. The highest BCUT2D eigenvalue weighted by Gasteiger charge is 2.27. The second-order valence-corrected chi connectivity index (χ2v) is 8.48. The predicted octanol–water partition coefficient (Wildman–Crippen LogP) is 3.03. The number of rotatable bonds is 4. The SMILES string of the molecule is Cc1nnc2ccc(-c3c[nH]c4nc(NC5CCC(C(=O)N(C)C)CC5)ncc34)cn12. The van der Waals surface area contributed by atoms with Gasteiger partial charge in [0, 0.05) is 61.2 Å². The van der Waals surface area contributed by atoms with Gasteiger partial charge in [0.2, 0.25) is 11.9 Å². The Morgan fingerprint density at radius 1 is 1.19 bits per heavy atom. The first-order valence-corrected chi connectivity index (χ1v) is 10.6. The summed E-state index contributed by atoms with van der Waals surface area (Å²) >= 11 is 0. The number of nitrogens with one attached hydrogen (secondary N) is 2. The molecule has 0 saturated heterocycles. The van der Waals surface area contributed by atoms with Crippen molar-refractivity contribution in [1.82, 2.24) is 34.4 Å². The van der Waals surface area contributed by atoms with Crippen molar-refractivity contribution in [3.63, 3.8) is 0 Å². The van der Waals surface area contributed by atoms with Crippen LogP contribution in [0.15, 0.2) is 30.7 Å². The number of H-pyrrole nitrogens is 1. The molecule has 0 atom stereocenters. The van der Waals surface area contributed by atoms with E-state index in [0.29, 0.717) is 5.95 Å². The van der Waals surface area contributed by atoms with Crippen LogP contribution in [0.4, 0.5) is 5.95 Å². The van der Waals surface area contributed by atoms with Crippen LogP contribution in [0, 0.1) is 12.8 Å². The number of anilines is 1. The largest absolute Gasteiger partial charge is 0.351 e. The van der Waals surface area contributed by atoms with Crippen LogP contribution in [0.2, 0.25) is 0 Å². The summed E-state index contributed by atoms with van der Waals surface area (Å²) in [6, 6.07) is 4.28. The Morgan fingerprint density at radius 3 is 2.77 bits per heavy atom. The summed E-state index contributed by atoms with van der Waals surface area (Å²) < 4.78 is 1.97. The average Bonchev–Trinajstić information content (AvgIpc) is 3.36. The molecule has 0 bridgehead atoms. The van der Waals surface area contributed by atoms with E-state index in [0.717, 1.165) is 59.3 Å². The number of aromatic nitrogens is 6. The van der Waals surface area contributed by atoms with Crippen LogP contribution in [0.5, 0.6) is 0 Å². The molecular weight excluding hydrogens is 392 g/mol. The predicted molar refractivity (Wildman–Crippen MR) is 119 cm³/mol. The lowest BCUT2D eigenvalue weighted by atomic mass is 9.85. The number of aryl methyl sites for hydroxylation is 1. The van der Waals surface area contributed by atoms with E-state index in [-0.39, 0.29) is 17.9 Å². The molecule has 4 aromatic rings. The van der Waals surface area contributed by atoms with Crippen molar-refractivity contribution in [2.24, 2.45) is 5.92 Å². The molecule has 1 saturated carbocycles. The Labute approximate surface area is 179 Å². The standard InChI is InChI=1S/C22H26N8O/c1-13-27-28-19-9-6-15(12-30(13)19)17-10-23-20-18(17)11-24-22(26-20)25-16-7-4-14(5-8-16)21(31)29(2)3/h6,9-12,14,16H,4-5,7-8H2,1-3H3,(H2,23,24,25,26). The van der Waals surface area contributed by atoms with Crippen molar-refractivity contribution >= 4 is 28.5 Å². The quantitative estimate of drug-likeness (QED) is 0.528. The van der Waals surface area contributed by atoms with Crippen LogP contribution in [0.25, 0.3) is 27.8 Å². The summed E-state index contributed by atoms with van der Waals surface area (Å²) in [5.41, 5.74) is 3.71. The van der Waals surface area contributed by atoms with Crippen LogP contribution >= 0.6 is 0 Å². The number of carbonyl (C=O) groups is 1. The minimum atomic E-state index is 0.133. The summed E-state index contributed by atoms with van der Waals surface area (Å²) in [6.45, 7) is 1.93. The molecule has 9 heteroatoms. The number of pyridine rings is 1. The van der Waals surface area contributed by atoms with Crippen molar-refractivity contribution in [2.75, 3.05) is 19.4 Å². The molecule has 5 rings (SSSR count). The lowest BCUT2D eigenvalue weighted by molar-refractivity contribution is -0.133. The van der Waals surface area contributed by atoms with Crippen molar-refractivity contribution in [3.8, 4) is 11.1 Å². The minimum absolute atomic E-state index is 0.133. The summed E-state index contributed by atoms with van der Waals surface area (Å²) in [7, 11) is 3.65. The number of carbonyl (C=O) groups excluding carboxylic acids is 1. The fourth-order valence-corrected chi connectivity index (χ4v) is 4.41. The maximum Gasteiger partial charge on any atom is 0.225 e. The van der Waals surface area contributed by atoms with Crippen LogP contribution in [0.1, 0.15) is 31.5 Å². The Morgan fingerprint density at radius 2 is 2.00 bits per heavy atom. The maximum atomic E-state index is 12.2. The number of nitrogens with zero attached hydrogens (tertiary/aromatic N) is 6. The van der Waals surface area contributed by atoms with E-state index >= 15 is 0 Å². The molecule has 1 amide bonds. The van der Waals surface area contributed by atoms with Gasteiger partial charge in [-0.2, -0.15) is 4.98 Å². The van der Waals surface area contributed by atoms with Gasteiger partial charge in [-0.25, -0.2) is 4.98 Å². The first-order valence-electron chi connectivity index (χ1n) is 10.6. The lowest BCUT2D eigenvalue weighted by Gasteiger charge is -2.29. The van der Waals surface area contributed by atoms with E-state index < -0.39 is 0 Å². The van der Waals surface area contributed by atoms with Crippen molar-refractivity contribution < 1.29 is 4.79 Å². The molecule has 2 N–H and O–H groups in total. The van der Waals surface area contributed by atoms with Crippen LogP contribution < -0.4 is 5.32 Å². The van der Waals surface area contributed by atoms with E-state index in [1.165, 1.54) is 0 Å². The first-order chi connectivity index (χ1) is 15.0. The van der Waals surface area contributed by atoms with Gasteiger partial charge in [-0.1, -0.05) is 0 Å². The molecule has 1 aliphatic carbocycles. The molecule has 0 spiro atoms. The molecule has 9 nitrogen and oxygen atoms in total. The highest BCUT2D eigenvalue weighted by molar-refractivity contribution is 5.93. The van der Waals surface area contributed by atoms with Gasteiger partial charge < -0.3 is 15.2 Å². The van der Waals surface area contributed by atoms with Gasteiger partial charge in [-0.3, -0.25) is 9.20 Å². The normalized spacial score (nSPS) is 19.1. The third kappa shape index (κ3) is 3.60. The van der Waals surface area contributed by atoms with Gasteiger partial charge in [0.15, 0.2) is 5.65 Å². The molecule has 0 aliphatic heterocycles. The van der Waals surface area contributed by atoms with Crippen LogP contribution in [-0.4, -0.2) is 60.5 Å². The molecule has 0 radical (unpaired) electrons. The molecule has 1 fully saturated rings. The Balaban J connectivity index is 1.33. The van der Waals surface area contributed by atoms with Gasteiger partial charge in [-0.15, -0.1) is 10.2 Å². The van der Waals surface area contributed by atoms with Gasteiger partial charge in [0.1, 0.15) is 11.5 Å².